The molecule has 0 aliphatic rings. The molecule has 0 radical (unpaired) electrons. The fourth-order valence-corrected chi connectivity index (χ4v) is 1.26. The van der Waals surface area contributed by atoms with E-state index in [1.54, 1.807) is 18.2 Å². The number of nitrogens with one attached hydrogen (secondary N) is 1. The number of ether oxygens (including phenoxy) is 1. The van der Waals surface area contributed by atoms with Crippen molar-refractivity contribution in [2.24, 2.45) is 0 Å². The standard InChI is InChI=1S/C9H8F2N4O/c10-8(11)16-6-4-2-1-3-5(6)7-13-9(12)15-14-7/h1-4,8H,(H3,12,13,14,15). The molecule has 0 aliphatic carbocycles. The summed E-state index contributed by atoms with van der Waals surface area (Å²) in [5, 5.41) is 6.14. The predicted octanol–water partition coefficient (Wildman–Crippen LogP) is 1.66. The van der Waals surface area contributed by atoms with E-state index in [2.05, 4.69) is 19.9 Å². The summed E-state index contributed by atoms with van der Waals surface area (Å²) >= 11 is 0. The fourth-order valence-electron chi connectivity index (χ4n) is 1.26. The van der Waals surface area contributed by atoms with Gasteiger partial charge in [0.05, 0.1) is 5.56 Å². The Hall–Kier alpha value is -2.18. The topological polar surface area (TPSA) is 76.8 Å². The van der Waals surface area contributed by atoms with Gasteiger partial charge in [0.1, 0.15) is 5.75 Å². The van der Waals surface area contributed by atoms with Gasteiger partial charge in [0.2, 0.25) is 5.95 Å². The largest absolute Gasteiger partial charge is 0.434 e. The van der Waals surface area contributed by atoms with Gasteiger partial charge in [-0.25, -0.2) is 0 Å². The fraction of sp³-hybridized carbons (Fsp3) is 0.111. The zero-order valence-corrected chi connectivity index (χ0v) is 8.02. The third-order valence-electron chi connectivity index (χ3n) is 1.86. The molecule has 2 aromatic rings. The molecule has 0 saturated heterocycles. The number of alkyl halides is 2. The quantitative estimate of drug-likeness (QED) is 0.834. The first-order valence-corrected chi connectivity index (χ1v) is 4.39. The number of anilines is 1. The summed E-state index contributed by atoms with van der Waals surface area (Å²) in [6, 6.07) is 6.26. The maximum absolute atomic E-state index is 12.1. The van der Waals surface area contributed by atoms with Gasteiger partial charge in [0, 0.05) is 0 Å². The van der Waals surface area contributed by atoms with Crippen molar-refractivity contribution >= 4 is 5.95 Å². The van der Waals surface area contributed by atoms with Crippen molar-refractivity contribution in [3.63, 3.8) is 0 Å². The third kappa shape index (κ3) is 2.08. The van der Waals surface area contributed by atoms with Crippen LogP contribution in [0.1, 0.15) is 0 Å². The second-order valence-electron chi connectivity index (χ2n) is 2.92. The Morgan fingerprint density at radius 3 is 2.69 bits per heavy atom. The van der Waals surface area contributed by atoms with E-state index in [-0.39, 0.29) is 17.5 Å². The smallest absolute Gasteiger partial charge is 0.387 e. The summed E-state index contributed by atoms with van der Waals surface area (Å²) in [5.74, 6) is 0.351. The Bertz CT molecular complexity index is 486. The second-order valence-corrected chi connectivity index (χ2v) is 2.92. The lowest BCUT2D eigenvalue weighted by Crippen LogP contribution is -2.03. The summed E-state index contributed by atoms with van der Waals surface area (Å²) in [4.78, 5) is 3.84. The van der Waals surface area contributed by atoms with Gasteiger partial charge in [0.15, 0.2) is 5.82 Å². The van der Waals surface area contributed by atoms with Crippen molar-refractivity contribution in [2.75, 3.05) is 5.73 Å². The van der Waals surface area contributed by atoms with Crippen LogP contribution in [0.4, 0.5) is 14.7 Å². The molecule has 0 aliphatic heterocycles. The highest BCUT2D eigenvalue weighted by Gasteiger charge is 2.13. The molecule has 16 heavy (non-hydrogen) atoms. The lowest BCUT2D eigenvalue weighted by atomic mass is 10.2. The summed E-state index contributed by atoms with van der Waals surface area (Å²) in [6.45, 7) is -2.89. The highest BCUT2D eigenvalue weighted by molar-refractivity contribution is 5.64. The number of H-pyrrole nitrogens is 1. The number of hydrogen-bond acceptors (Lipinski definition) is 4. The van der Waals surface area contributed by atoms with Gasteiger partial charge in [-0.1, -0.05) is 12.1 Å². The lowest BCUT2D eigenvalue weighted by molar-refractivity contribution is -0.0494. The Morgan fingerprint density at radius 1 is 1.31 bits per heavy atom. The third-order valence-corrected chi connectivity index (χ3v) is 1.86. The number of para-hydroxylation sites is 1. The molecule has 3 N–H and O–H groups in total. The number of halogens is 2. The SMILES string of the molecule is Nc1n[nH]c(-c2ccccc2OC(F)F)n1. The van der Waals surface area contributed by atoms with E-state index in [0.29, 0.717) is 5.56 Å². The maximum atomic E-state index is 12.1. The van der Waals surface area contributed by atoms with E-state index in [0.717, 1.165) is 0 Å². The number of aromatic nitrogens is 3. The van der Waals surface area contributed by atoms with Gasteiger partial charge in [-0.2, -0.15) is 13.8 Å². The van der Waals surface area contributed by atoms with Gasteiger partial charge >= 0.3 is 6.61 Å². The van der Waals surface area contributed by atoms with Crippen LogP contribution in [0.15, 0.2) is 24.3 Å². The number of benzene rings is 1. The summed E-state index contributed by atoms with van der Waals surface area (Å²) in [5.41, 5.74) is 5.71. The lowest BCUT2D eigenvalue weighted by Gasteiger charge is -2.07. The second kappa shape index (κ2) is 4.13. The number of rotatable bonds is 3. The molecule has 0 unspecified atom stereocenters. The van der Waals surface area contributed by atoms with Crippen LogP contribution in [0.3, 0.4) is 0 Å². The number of aromatic amines is 1. The zero-order chi connectivity index (χ0) is 11.5. The minimum absolute atomic E-state index is 0.0219. The molecule has 1 heterocycles. The van der Waals surface area contributed by atoms with Gasteiger partial charge in [-0.3, -0.25) is 5.10 Å². The Morgan fingerprint density at radius 2 is 2.06 bits per heavy atom. The first kappa shape index (κ1) is 10.3. The molecule has 0 atom stereocenters. The molecule has 7 heteroatoms. The van der Waals surface area contributed by atoms with Crippen molar-refractivity contribution in [3.05, 3.63) is 24.3 Å². The van der Waals surface area contributed by atoms with Crippen LogP contribution in [0.2, 0.25) is 0 Å². The van der Waals surface area contributed by atoms with E-state index in [9.17, 15) is 8.78 Å². The van der Waals surface area contributed by atoms with E-state index in [1.807, 2.05) is 0 Å². The molecule has 84 valence electrons. The van der Waals surface area contributed by atoms with Gasteiger partial charge in [-0.05, 0) is 12.1 Å². The average Bonchev–Trinajstić information content (AvgIpc) is 2.65. The van der Waals surface area contributed by atoms with Gasteiger partial charge in [-0.15, -0.1) is 5.10 Å². The van der Waals surface area contributed by atoms with E-state index in [4.69, 9.17) is 5.73 Å². The normalized spacial score (nSPS) is 10.7. The molecule has 1 aromatic heterocycles. The molecule has 0 bridgehead atoms. The predicted molar refractivity (Wildman–Crippen MR) is 52.9 cm³/mol. The summed E-state index contributed by atoms with van der Waals surface area (Å²) in [7, 11) is 0. The average molecular weight is 226 g/mol. The van der Waals surface area contributed by atoms with Crippen LogP contribution in [-0.4, -0.2) is 21.8 Å². The van der Waals surface area contributed by atoms with Crippen LogP contribution in [0.5, 0.6) is 5.75 Å². The van der Waals surface area contributed by atoms with Crippen LogP contribution in [0.25, 0.3) is 11.4 Å². The van der Waals surface area contributed by atoms with E-state index in [1.165, 1.54) is 6.07 Å². The molecule has 0 spiro atoms. The summed E-state index contributed by atoms with van der Waals surface area (Å²) in [6.07, 6.45) is 0. The molecule has 0 amide bonds. The van der Waals surface area contributed by atoms with Crippen molar-refractivity contribution in [3.8, 4) is 17.1 Å². The first-order valence-electron chi connectivity index (χ1n) is 4.39. The van der Waals surface area contributed by atoms with Crippen molar-refractivity contribution in [1.82, 2.24) is 15.2 Å². The van der Waals surface area contributed by atoms with Crippen molar-refractivity contribution in [2.45, 2.75) is 6.61 Å². The summed E-state index contributed by atoms with van der Waals surface area (Å²) < 4.78 is 28.6. The minimum Gasteiger partial charge on any atom is -0.434 e. The molecule has 2 rings (SSSR count). The molecule has 0 fully saturated rings. The first-order chi connectivity index (χ1) is 7.66. The van der Waals surface area contributed by atoms with Crippen LogP contribution in [0, 0.1) is 0 Å². The van der Waals surface area contributed by atoms with Crippen LogP contribution >= 0.6 is 0 Å². The zero-order valence-electron chi connectivity index (χ0n) is 8.02. The molecule has 1 aromatic carbocycles. The van der Waals surface area contributed by atoms with Gasteiger partial charge < -0.3 is 10.5 Å². The number of hydrogen-bond donors (Lipinski definition) is 2. The van der Waals surface area contributed by atoms with E-state index >= 15 is 0 Å². The molecular formula is C9H8F2N4O. The number of nitrogen functional groups attached to an aromatic ring is 1. The molecular weight excluding hydrogens is 218 g/mol. The Labute approximate surface area is 89.3 Å². The van der Waals surface area contributed by atoms with Crippen molar-refractivity contribution < 1.29 is 13.5 Å². The number of nitrogens with zero attached hydrogens (tertiary/aromatic N) is 2. The molecule has 5 nitrogen and oxygen atoms in total. The maximum Gasteiger partial charge on any atom is 0.387 e. The Balaban J connectivity index is 2.40. The van der Waals surface area contributed by atoms with Crippen LogP contribution < -0.4 is 10.5 Å². The monoisotopic (exact) mass is 226 g/mol. The van der Waals surface area contributed by atoms with Gasteiger partial charge in [0.25, 0.3) is 0 Å². The van der Waals surface area contributed by atoms with E-state index < -0.39 is 6.61 Å². The molecule has 0 saturated carbocycles. The highest BCUT2D eigenvalue weighted by Crippen LogP contribution is 2.28. The Kier molecular flexibility index (Phi) is 2.67. The van der Waals surface area contributed by atoms with Crippen molar-refractivity contribution in [1.29, 1.82) is 0 Å². The minimum atomic E-state index is -2.89. The van der Waals surface area contributed by atoms with Crippen LogP contribution in [-0.2, 0) is 0 Å². The highest BCUT2D eigenvalue weighted by atomic mass is 19.3. The number of nitrogens with two attached hydrogens (primary N) is 1.